The maximum absolute atomic E-state index is 12.6. The molecule has 32 heavy (non-hydrogen) atoms. The Morgan fingerprint density at radius 2 is 2.03 bits per heavy atom. The highest BCUT2D eigenvalue weighted by Gasteiger charge is 2.18. The van der Waals surface area contributed by atoms with Gasteiger partial charge in [-0.05, 0) is 13.0 Å². The van der Waals surface area contributed by atoms with Gasteiger partial charge in [-0.25, -0.2) is 4.98 Å². The first-order valence-electron chi connectivity index (χ1n) is 10.9. The Kier molecular flexibility index (Phi) is 6.99. The van der Waals surface area contributed by atoms with E-state index in [1.807, 2.05) is 38.1 Å². The third-order valence-corrected chi connectivity index (χ3v) is 6.21. The predicted molar refractivity (Wildman–Crippen MR) is 127 cm³/mol. The minimum absolute atomic E-state index is 0.249. The molecular weight excluding hydrogens is 424 g/mol. The summed E-state index contributed by atoms with van der Waals surface area (Å²) in [5, 5.41) is 12.2. The van der Waals surface area contributed by atoms with Gasteiger partial charge in [0.2, 0.25) is 0 Å². The number of thiazole rings is 1. The van der Waals surface area contributed by atoms with E-state index in [-0.39, 0.29) is 5.91 Å². The molecule has 1 amide bonds. The zero-order chi connectivity index (χ0) is 22.5. The molecule has 168 valence electrons. The molecule has 5 rings (SSSR count). The van der Waals surface area contributed by atoms with Crippen molar-refractivity contribution < 1.29 is 9.32 Å². The summed E-state index contributed by atoms with van der Waals surface area (Å²) in [5.41, 5.74) is 4.08. The SMILES string of the molecule is CC.Cc1oncc1C(=O)Nc1ccccc1-c1cn2c(CN3CCNCC3)csc2n1. The Bertz CT molecular complexity index is 1190. The van der Waals surface area contributed by atoms with Crippen LogP contribution in [0.5, 0.6) is 0 Å². The number of carbonyl (C=O) groups is 1. The molecule has 8 nitrogen and oxygen atoms in total. The lowest BCUT2D eigenvalue weighted by Gasteiger charge is -2.26. The number of rotatable bonds is 5. The Morgan fingerprint density at radius 3 is 2.78 bits per heavy atom. The quantitative estimate of drug-likeness (QED) is 0.475. The van der Waals surface area contributed by atoms with Crippen LogP contribution in [0.4, 0.5) is 5.69 Å². The van der Waals surface area contributed by atoms with E-state index in [4.69, 9.17) is 9.51 Å². The van der Waals surface area contributed by atoms with Crippen LogP contribution in [-0.2, 0) is 6.54 Å². The van der Waals surface area contributed by atoms with Gasteiger partial charge in [-0.3, -0.25) is 14.1 Å². The fourth-order valence-corrected chi connectivity index (χ4v) is 4.56. The first kappa shape index (κ1) is 22.2. The molecule has 1 aliphatic rings. The second kappa shape index (κ2) is 10.1. The number of amides is 1. The first-order valence-corrected chi connectivity index (χ1v) is 11.8. The van der Waals surface area contributed by atoms with Crippen LogP contribution in [-0.4, -0.2) is 51.5 Å². The minimum atomic E-state index is -0.249. The summed E-state index contributed by atoms with van der Waals surface area (Å²) < 4.78 is 7.17. The van der Waals surface area contributed by atoms with Crippen molar-refractivity contribution in [3.63, 3.8) is 0 Å². The Hall–Kier alpha value is -3.01. The summed E-state index contributed by atoms with van der Waals surface area (Å²) in [6.45, 7) is 10.8. The maximum atomic E-state index is 12.6. The molecule has 0 saturated carbocycles. The molecule has 3 aromatic heterocycles. The van der Waals surface area contributed by atoms with Gasteiger partial charge in [-0.15, -0.1) is 11.3 Å². The van der Waals surface area contributed by atoms with Gasteiger partial charge in [0, 0.05) is 55.6 Å². The predicted octanol–water partition coefficient (Wildman–Crippen LogP) is 4.04. The van der Waals surface area contributed by atoms with Gasteiger partial charge < -0.3 is 15.2 Å². The fourth-order valence-electron chi connectivity index (χ4n) is 3.69. The van der Waals surface area contributed by atoms with Crippen molar-refractivity contribution in [1.82, 2.24) is 24.8 Å². The minimum Gasteiger partial charge on any atom is -0.361 e. The van der Waals surface area contributed by atoms with E-state index in [1.165, 1.54) is 11.9 Å². The van der Waals surface area contributed by atoms with Crippen molar-refractivity contribution in [1.29, 1.82) is 0 Å². The molecule has 2 N–H and O–H groups in total. The number of para-hydroxylation sites is 1. The molecule has 9 heteroatoms. The fraction of sp³-hybridized carbons (Fsp3) is 0.348. The first-order chi connectivity index (χ1) is 15.7. The van der Waals surface area contributed by atoms with Gasteiger partial charge in [-0.2, -0.15) is 0 Å². The summed E-state index contributed by atoms with van der Waals surface area (Å²) in [6.07, 6.45) is 3.49. The molecule has 4 heterocycles. The van der Waals surface area contributed by atoms with Crippen LogP contribution in [0.2, 0.25) is 0 Å². The molecular formula is C23H28N6O2S. The van der Waals surface area contributed by atoms with Crippen LogP contribution in [0.15, 0.2) is 46.6 Å². The van der Waals surface area contributed by atoms with E-state index < -0.39 is 0 Å². The second-order valence-corrected chi connectivity index (χ2v) is 8.16. The van der Waals surface area contributed by atoms with Gasteiger partial charge in [0.05, 0.1) is 17.6 Å². The molecule has 0 atom stereocenters. The third-order valence-electron chi connectivity index (χ3n) is 5.33. The number of nitrogens with one attached hydrogen (secondary N) is 2. The lowest BCUT2D eigenvalue weighted by Crippen LogP contribution is -2.43. The molecule has 1 saturated heterocycles. The summed E-state index contributed by atoms with van der Waals surface area (Å²) in [6, 6.07) is 7.70. The number of aryl methyl sites for hydroxylation is 1. The Labute approximate surface area is 191 Å². The average Bonchev–Trinajstić information content (AvgIpc) is 3.53. The standard InChI is InChI=1S/C21H22N6O2S.C2H6/c1-14-17(10-23-29-14)20(28)24-18-5-3-2-4-16(18)19-12-27-15(13-30-21(27)25-19)11-26-8-6-22-7-9-26;1-2/h2-5,10,12-13,22H,6-9,11H2,1H3,(H,24,28);1-2H3. The molecule has 4 aromatic rings. The van der Waals surface area contributed by atoms with E-state index in [1.54, 1.807) is 18.3 Å². The van der Waals surface area contributed by atoms with Crippen molar-refractivity contribution in [3.05, 3.63) is 59.1 Å². The van der Waals surface area contributed by atoms with Crippen LogP contribution in [0.1, 0.15) is 35.7 Å². The number of nitrogens with zero attached hydrogens (tertiary/aromatic N) is 4. The average molecular weight is 453 g/mol. The Morgan fingerprint density at radius 1 is 1.25 bits per heavy atom. The normalized spacial score (nSPS) is 14.2. The smallest absolute Gasteiger partial charge is 0.260 e. The van der Waals surface area contributed by atoms with Gasteiger partial charge in [0.1, 0.15) is 11.3 Å². The lowest BCUT2D eigenvalue weighted by atomic mass is 10.1. The highest BCUT2D eigenvalue weighted by Crippen LogP contribution is 2.30. The molecule has 0 radical (unpaired) electrons. The molecule has 0 unspecified atom stereocenters. The zero-order valence-corrected chi connectivity index (χ0v) is 19.4. The molecule has 0 spiro atoms. The largest absolute Gasteiger partial charge is 0.361 e. The van der Waals surface area contributed by atoms with Crippen molar-refractivity contribution in [3.8, 4) is 11.3 Å². The monoisotopic (exact) mass is 452 g/mol. The molecule has 1 fully saturated rings. The summed E-state index contributed by atoms with van der Waals surface area (Å²) in [4.78, 5) is 20.8. The number of anilines is 1. The number of imidazole rings is 1. The maximum Gasteiger partial charge on any atom is 0.260 e. The van der Waals surface area contributed by atoms with Gasteiger partial charge in [-0.1, -0.05) is 37.2 Å². The van der Waals surface area contributed by atoms with Crippen LogP contribution in [0.25, 0.3) is 16.2 Å². The third kappa shape index (κ3) is 4.59. The van der Waals surface area contributed by atoms with Gasteiger partial charge in [0.25, 0.3) is 5.91 Å². The van der Waals surface area contributed by atoms with Crippen LogP contribution in [0, 0.1) is 6.92 Å². The van der Waals surface area contributed by atoms with E-state index in [2.05, 4.69) is 36.7 Å². The topological polar surface area (TPSA) is 87.7 Å². The van der Waals surface area contributed by atoms with E-state index in [0.29, 0.717) is 17.0 Å². The van der Waals surface area contributed by atoms with E-state index in [0.717, 1.165) is 48.9 Å². The van der Waals surface area contributed by atoms with Crippen LogP contribution < -0.4 is 10.6 Å². The molecule has 1 aromatic carbocycles. The van der Waals surface area contributed by atoms with E-state index >= 15 is 0 Å². The molecule has 0 bridgehead atoms. The number of carbonyl (C=O) groups excluding carboxylic acids is 1. The number of hydrogen-bond acceptors (Lipinski definition) is 7. The van der Waals surface area contributed by atoms with Gasteiger partial charge >= 0.3 is 0 Å². The summed E-state index contributed by atoms with van der Waals surface area (Å²) in [7, 11) is 0. The van der Waals surface area contributed by atoms with Crippen LogP contribution >= 0.6 is 11.3 Å². The highest BCUT2D eigenvalue weighted by atomic mass is 32.1. The molecule has 1 aliphatic heterocycles. The highest BCUT2D eigenvalue weighted by molar-refractivity contribution is 7.15. The summed E-state index contributed by atoms with van der Waals surface area (Å²) in [5.74, 6) is 0.242. The number of piperazine rings is 1. The second-order valence-electron chi connectivity index (χ2n) is 7.33. The van der Waals surface area contributed by atoms with Crippen molar-refractivity contribution in [2.45, 2.75) is 27.3 Å². The van der Waals surface area contributed by atoms with Crippen molar-refractivity contribution >= 4 is 27.9 Å². The van der Waals surface area contributed by atoms with Gasteiger partial charge in [0.15, 0.2) is 4.96 Å². The number of benzene rings is 1. The molecule has 0 aliphatic carbocycles. The lowest BCUT2D eigenvalue weighted by molar-refractivity contribution is 0.102. The van der Waals surface area contributed by atoms with Crippen molar-refractivity contribution in [2.75, 3.05) is 31.5 Å². The van der Waals surface area contributed by atoms with E-state index in [9.17, 15) is 4.79 Å². The number of hydrogen-bond donors (Lipinski definition) is 2. The van der Waals surface area contributed by atoms with Crippen LogP contribution in [0.3, 0.4) is 0 Å². The Balaban J connectivity index is 0.00000119. The number of fused-ring (bicyclic) bond motifs is 1. The summed E-state index contributed by atoms with van der Waals surface area (Å²) >= 11 is 1.64. The zero-order valence-electron chi connectivity index (χ0n) is 18.6. The number of aromatic nitrogens is 3. The van der Waals surface area contributed by atoms with Crippen molar-refractivity contribution in [2.24, 2.45) is 0 Å².